The van der Waals surface area contributed by atoms with Gasteiger partial charge in [0.25, 0.3) is 5.56 Å². The normalized spacial score (nSPS) is 21.9. The maximum atomic E-state index is 16.0. The van der Waals surface area contributed by atoms with Crippen molar-refractivity contribution in [2.75, 3.05) is 19.7 Å². The molecule has 0 bridgehead atoms. The van der Waals surface area contributed by atoms with Gasteiger partial charge in [0.2, 0.25) is 0 Å². The summed E-state index contributed by atoms with van der Waals surface area (Å²) < 4.78 is 68.0. The lowest BCUT2D eigenvalue weighted by Crippen LogP contribution is -2.46. The van der Waals surface area contributed by atoms with Crippen molar-refractivity contribution in [1.82, 2.24) is 14.2 Å². The van der Waals surface area contributed by atoms with Gasteiger partial charge >= 0.3 is 31.1 Å². The molecule has 1 aromatic carbocycles. The number of aliphatic hydroxyl groups excluding tert-OH is 2. The molecule has 0 aliphatic carbocycles. The molecular weight excluding hydrogens is 740 g/mol. The molecule has 1 aromatic heterocycles. The van der Waals surface area contributed by atoms with Gasteiger partial charge in [0.15, 0.2) is 31.7 Å². The second kappa shape index (κ2) is 20.6. The molecule has 0 radical (unpaired) electrons. The monoisotopic (exact) mass is 789 g/mol. The summed E-state index contributed by atoms with van der Waals surface area (Å²) in [5.41, 5.74) is -4.63. The number of benzene rings is 1. The summed E-state index contributed by atoms with van der Waals surface area (Å²) in [7, 11) is -4.01. The second-order valence-electron chi connectivity index (χ2n) is 12.9. The highest BCUT2D eigenvalue weighted by Crippen LogP contribution is 2.45. The van der Waals surface area contributed by atoms with Gasteiger partial charge in [-0.05, 0) is 52.7 Å². The molecule has 1 fully saturated rings. The summed E-state index contributed by atoms with van der Waals surface area (Å²) in [6.45, 7) is 5.70. The number of ether oxygens (including phenoxy) is 6. The maximum Gasteiger partial charge on any atom is 0.342 e. The van der Waals surface area contributed by atoms with Gasteiger partial charge in [0.1, 0.15) is 30.3 Å². The molecule has 1 saturated heterocycles. The van der Waals surface area contributed by atoms with Crippen molar-refractivity contribution in [1.29, 1.82) is 0 Å². The number of nitrogens with zero attached hydrogens (tertiary/aromatic N) is 2. The van der Waals surface area contributed by atoms with Crippen LogP contribution in [0.4, 0.5) is 4.39 Å². The Morgan fingerprint density at radius 2 is 1.74 bits per heavy atom. The van der Waals surface area contributed by atoms with Crippen molar-refractivity contribution in [3.05, 3.63) is 63.4 Å². The van der Waals surface area contributed by atoms with Crippen molar-refractivity contribution in [2.45, 2.75) is 116 Å². The Morgan fingerprint density at radius 3 is 2.39 bits per heavy atom. The standard InChI is InChI=1S/C34H49FN3O15P/c1-6-11-27(40)49-20-50-29(42)15-10-14-28(41)48-19-38-26(39)16-17-37(33(38)45)32-34(5,35)30(43)25(52-32)18-47-21-54(46,53-24-12-8-7-9-13-24)36-23(4)31(44)51-22(2)3/h7-9,12-13,16-17,22-23,25,27,30,32,40,43H,6,10-11,14-15,18-21H2,1-5H3,(H,36,46)/t23-,25+,27?,30+,32+,34+,54?/m0/s1. The molecule has 0 amide bonds. The highest BCUT2D eigenvalue weighted by Gasteiger charge is 2.55. The number of aliphatic hydroxyl groups is 2. The lowest BCUT2D eigenvalue weighted by atomic mass is 9.98. The number of alkyl halides is 1. The quantitative estimate of drug-likeness (QED) is 0.0674. The highest BCUT2D eigenvalue weighted by atomic mass is 31.2. The minimum Gasteiger partial charge on any atom is -0.462 e. The summed E-state index contributed by atoms with van der Waals surface area (Å²) in [5, 5.41) is 23.0. The van der Waals surface area contributed by atoms with Crippen LogP contribution in [0.1, 0.15) is 73.0 Å². The SMILES string of the molecule is CCCC(O)OCOC(=O)CCCC(=O)OCn1c(=O)ccn([C@@H]2O[C@H](COCP(=O)(N[C@@H](C)C(=O)OC(C)C)Oc3ccccc3)[C@@H](O)[C@@]2(C)F)c1=O. The van der Waals surface area contributed by atoms with E-state index >= 15 is 4.39 Å². The van der Waals surface area contributed by atoms with Crippen LogP contribution in [0.3, 0.4) is 0 Å². The van der Waals surface area contributed by atoms with Crippen LogP contribution in [-0.2, 0) is 54.1 Å². The van der Waals surface area contributed by atoms with E-state index in [-0.39, 0.29) is 25.0 Å². The van der Waals surface area contributed by atoms with Gasteiger partial charge in [-0.2, -0.15) is 0 Å². The van der Waals surface area contributed by atoms with Crippen LogP contribution in [0.2, 0.25) is 0 Å². The predicted octanol–water partition coefficient (Wildman–Crippen LogP) is 2.48. The van der Waals surface area contributed by atoms with Gasteiger partial charge in [-0.3, -0.25) is 28.3 Å². The average molecular weight is 790 g/mol. The number of esters is 3. The Kier molecular flexibility index (Phi) is 17.0. The van der Waals surface area contributed by atoms with Crippen LogP contribution in [0.15, 0.2) is 52.2 Å². The van der Waals surface area contributed by atoms with Crippen LogP contribution in [0.5, 0.6) is 5.75 Å². The van der Waals surface area contributed by atoms with E-state index in [0.29, 0.717) is 22.0 Å². The summed E-state index contributed by atoms with van der Waals surface area (Å²) >= 11 is 0. The zero-order valence-electron chi connectivity index (χ0n) is 30.8. The number of hydrogen-bond donors (Lipinski definition) is 3. The van der Waals surface area contributed by atoms with E-state index in [4.69, 9.17) is 32.9 Å². The molecule has 1 aliphatic rings. The number of nitrogens with one attached hydrogen (secondary N) is 1. The number of halogens is 1. The Bertz CT molecular complexity index is 1700. The highest BCUT2D eigenvalue weighted by molar-refractivity contribution is 7.57. The molecular formula is C34H49FN3O15P. The van der Waals surface area contributed by atoms with Crippen LogP contribution < -0.4 is 20.9 Å². The number of carbonyl (C=O) groups is 3. The molecule has 1 aliphatic heterocycles. The summed E-state index contributed by atoms with van der Waals surface area (Å²) in [5.74, 6) is -2.04. The fraction of sp³-hybridized carbons (Fsp3) is 0.618. The zero-order valence-corrected chi connectivity index (χ0v) is 31.7. The molecule has 2 heterocycles. The molecule has 302 valence electrons. The van der Waals surface area contributed by atoms with Crippen LogP contribution in [0, 0.1) is 0 Å². The van der Waals surface area contributed by atoms with Crippen molar-refractivity contribution in [3.8, 4) is 5.75 Å². The zero-order chi connectivity index (χ0) is 40.1. The number of para-hydroxylation sites is 1. The van der Waals surface area contributed by atoms with Crippen molar-refractivity contribution >= 4 is 25.4 Å². The first-order chi connectivity index (χ1) is 25.5. The van der Waals surface area contributed by atoms with Gasteiger partial charge < -0.3 is 43.2 Å². The lowest BCUT2D eigenvalue weighted by molar-refractivity contribution is -0.185. The van der Waals surface area contributed by atoms with Crippen molar-refractivity contribution < 1.29 is 66.5 Å². The van der Waals surface area contributed by atoms with E-state index in [2.05, 4.69) is 5.09 Å². The molecule has 20 heteroatoms. The fourth-order valence-electron chi connectivity index (χ4n) is 5.06. The maximum absolute atomic E-state index is 16.0. The molecule has 0 saturated carbocycles. The first-order valence-electron chi connectivity index (χ1n) is 17.3. The topological polar surface area (TPSA) is 229 Å². The summed E-state index contributed by atoms with van der Waals surface area (Å²) in [6.07, 6.45) is -5.69. The third-order valence-corrected chi connectivity index (χ3v) is 9.64. The van der Waals surface area contributed by atoms with Gasteiger partial charge in [-0.15, -0.1) is 0 Å². The van der Waals surface area contributed by atoms with Crippen LogP contribution >= 0.6 is 7.52 Å². The number of carbonyl (C=O) groups excluding carboxylic acids is 3. The number of rotatable bonds is 22. The van der Waals surface area contributed by atoms with Gasteiger partial charge in [-0.25, -0.2) is 18.8 Å². The smallest absolute Gasteiger partial charge is 0.342 e. The molecule has 0 spiro atoms. The van der Waals surface area contributed by atoms with E-state index in [1.54, 1.807) is 32.0 Å². The Balaban J connectivity index is 1.61. The van der Waals surface area contributed by atoms with E-state index < -0.39 is 106 Å². The predicted molar refractivity (Wildman–Crippen MR) is 187 cm³/mol. The van der Waals surface area contributed by atoms with Crippen LogP contribution in [0.25, 0.3) is 0 Å². The Hall–Kier alpha value is -3.97. The molecule has 54 heavy (non-hydrogen) atoms. The van der Waals surface area contributed by atoms with E-state index in [0.717, 1.165) is 19.2 Å². The Morgan fingerprint density at radius 1 is 1.07 bits per heavy atom. The minimum atomic E-state index is -4.01. The molecule has 3 N–H and O–H groups in total. The molecule has 2 aromatic rings. The molecule has 2 unspecified atom stereocenters. The van der Waals surface area contributed by atoms with Gasteiger partial charge in [-0.1, -0.05) is 31.5 Å². The molecule has 7 atom stereocenters. The van der Waals surface area contributed by atoms with Crippen LogP contribution in [-0.4, -0.2) is 93.3 Å². The fourth-order valence-corrected chi connectivity index (χ4v) is 6.74. The largest absolute Gasteiger partial charge is 0.462 e. The van der Waals surface area contributed by atoms with Crippen molar-refractivity contribution in [2.24, 2.45) is 0 Å². The van der Waals surface area contributed by atoms with E-state index in [1.165, 1.54) is 19.1 Å². The molecule has 18 nitrogen and oxygen atoms in total. The Labute approximate surface area is 310 Å². The van der Waals surface area contributed by atoms with Gasteiger partial charge in [0, 0.05) is 25.1 Å². The first kappa shape index (κ1) is 44.4. The second-order valence-corrected chi connectivity index (χ2v) is 14.9. The average Bonchev–Trinajstić information content (AvgIpc) is 3.31. The summed E-state index contributed by atoms with van der Waals surface area (Å²) in [4.78, 5) is 62.4. The number of hydrogen-bond acceptors (Lipinski definition) is 15. The van der Waals surface area contributed by atoms with E-state index in [9.17, 15) is 38.8 Å². The van der Waals surface area contributed by atoms with Crippen molar-refractivity contribution in [3.63, 3.8) is 0 Å². The summed E-state index contributed by atoms with van der Waals surface area (Å²) in [6, 6.07) is 7.88. The van der Waals surface area contributed by atoms with E-state index in [1.807, 2.05) is 6.92 Å². The lowest BCUT2D eigenvalue weighted by Gasteiger charge is -2.25. The third kappa shape index (κ3) is 13.1. The number of aromatic nitrogens is 2. The molecule has 3 rings (SSSR count). The first-order valence-corrected chi connectivity index (χ1v) is 19.1. The minimum absolute atomic E-state index is 0.00810. The van der Waals surface area contributed by atoms with Gasteiger partial charge in [0.05, 0.1) is 12.7 Å². The third-order valence-electron chi connectivity index (χ3n) is 7.83.